The number of guanidine groups is 1. The maximum absolute atomic E-state index is 6.04. The normalized spacial score (nSPS) is 18.5. The van der Waals surface area contributed by atoms with Gasteiger partial charge in [-0.05, 0) is 30.2 Å². The summed E-state index contributed by atoms with van der Waals surface area (Å²) >= 11 is 0. The number of hydrogen-bond acceptors (Lipinski definition) is 5. The van der Waals surface area contributed by atoms with Crippen molar-refractivity contribution in [2.24, 2.45) is 4.99 Å². The first-order valence-electron chi connectivity index (χ1n) is 11.1. The number of morpholine rings is 1. The highest BCUT2D eigenvalue weighted by atomic mass is 127. The number of aliphatic imine (C=N–C) groups is 1. The maximum Gasteiger partial charge on any atom is 0.191 e. The molecule has 32 heavy (non-hydrogen) atoms. The minimum Gasteiger partial charge on any atom is -0.486 e. The summed E-state index contributed by atoms with van der Waals surface area (Å²) in [5, 5.41) is 6.73. The number of benzene rings is 2. The van der Waals surface area contributed by atoms with Crippen molar-refractivity contribution in [2.45, 2.75) is 26.1 Å². The van der Waals surface area contributed by atoms with Crippen LogP contribution in [0, 0.1) is 0 Å². The number of rotatable bonds is 7. The fourth-order valence-corrected chi connectivity index (χ4v) is 3.75. The van der Waals surface area contributed by atoms with Gasteiger partial charge in [-0.2, -0.15) is 0 Å². The van der Waals surface area contributed by atoms with E-state index in [4.69, 9.17) is 19.2 Å². The summed E-state index contributed by atoms with van der Waals surface area (Å²) in [6, 6.07) is 16.3. The summed E-state index contributed by atoms with van der Waals surface area (Å²) in [7, 11) is 0. The molecule has 2 N–H and O–H groups in total. The Morgan fingerprint density at radius 3 is 2.50 bits per heavy atom. The predicted molar refractivity (Wildman–Crippen MR) is 137 cm³/mol. The van der Waals surface area contributed by atoms with Crippen LogP contribution in [0.4, 0.5) is 0 Å². The van der Waals surface area contributed by atoms with E-state index in [0.717, 1.165) is 56.9 Å². The van der Waals surface area contributed by atoms with Gasteiger partial charge >= 0.3 is 0 Å². The fraction of sp³-hybridized carbons (Fsp3) is 0.458. The molecule has 2 aromatic carbocycles. The van der Waals surface area contributed by atoms with Crippen LogP contribution in [-0.4, -0.2) is 63.0 Å². The molecule has 1 atom stereocenters. The summed E-state index contributed by atoms with van der Waals surface area (Å²) in [6.07, 6.45) is -0.0626. The topological polar surface area (TPSA) is 67.4 Å². The highest BCUT2D eigenvalue weighted by molar-refractivity contribution is 14.0. The highest BCUT2D eigenvalue weighted by Crippen LogP contribution is 2.30. The van der Waals surface area contributed by atoms with E-state index in [1.165, 1.54) is 11.1 Å². The Kier molecular flexibility index (Phi) is 9.89. The van der Waals surface area contributed by atoms with Crippen molar-refractivity contribution in [3.05, 3.63) is 59.7 Å². The van der Waals surface area contributed by atoms with Crippen LogP contribution in [0.15, 0.2) is 53.5 Å². The zero-order chi connectivity index (χ0) is 21.3. The molecular formula is C24H33IN4O3. The van der Waals surface area contributed by atoms with Crippen molar-refractivity contribution in [3.8, 4) is 11.5 Å². The van der Waals surface area contributed by atoms with Crippen molar-refractivity contribution < 1.29 is 14.2 Å². The van der Waals surface area contributed by atoms with Crippen LogP contribution < -0.4 is 20.1 Å². The molecule has 0 aliphatic carbocycles. The second-order valence-corrected chi connectivity index (χ2v) is 7.73. The predicted octanol–water partition coefficient (Wildman–Crippen LogP) is 3.03. The van der Waals surface area contributed by atoms with Gasteiger partial charge < -0.3 is 24.8 Å². The molecule has 0 spiro atoms. The van der Waals surface area contributed by atoms with E-state index >= 15 is 0 Å². The second-order valence-electron chi connectivity index (χ2n) is 7.73. The van der Waals surface area contributed by atoms with Gasteiger partial charge in [0.15, 0.2) is 17.5 Å². The minimum atomic E-state index is -0.0626. The highest BCUT2D eigenvalue weighted by Gasteiger charge is 2.20. The van der Waals surface area contributed by atoms with Crippen molar-refractivity contribution in [1.29, 1.82) is 0 Å². The SMILES string of the molecule is CCNC(=NCc1ccccc1CN1CCOCC1)NCC1COc2ccccc2O1.I. The number of hydrogen-bond donors (Lipinski definition) is 2. The zero-order valence-electron chi connectivity index (χ0n) is 18.6. The molecule has 0 amide bonds. The average molecular weight is 552 g/mol. The molecule has 8 heteroatoms. The first kappa shape index (κ1) is 24.6. The number of nitrogens with zero attached hydrogens (tertiary/aromatic N) is 2. The van der Waals surface area contributed by atoms with E-state index < -0.39 is 0 Å². The molecule has 4 rings (SSSR count). The third-order valence-electron chi connectivity index (χ3n) is 5.43. The third kappa shape index (κ3) is 6.98. The number of fused-ring (bicyclic) bond motifs is 1. The molecule has 0 bridgehead atoms. The molecule has 0 aromatic heterocycles. The molecule has 2 heterocycles. The summed E-state index contributed by atoms with van der Waals surface area (Å²) in [5.41, 5.74) is 2.57. The lowest BCUT2D eigenvalue weighted by atomic mass is 10.1. The van der Waals surface area contributed by atoms with Crippen LogP contribution in [0.5, 0.6) is 11.5 Å². The fourth-order valence-electron chi connectivity index (χ4n) is 3.75. The van der Waals surface area contributed by atoms with E-state index in [2.05, 4.69) is 46.7 Å². The Morgan fingerprint density at radius 1 is 1.00 bits per heavy atom. The quantitative estimate of drug-likeness (QED) is 0.313. The van der Waals surface area contributed by atoms with Crippen molar-refractivity contribution in [1.82, 2.24) is 15.5 Å². The van der Waals surface area contributed by atoms with Crippen molar-refractivity contribution >= 4 is 29.9 Å². The Morgan fingerprint density at radius 2 is 1.72 bits per heavy atom. The molecule has 7 nitrogen and oxygen atoms in total. The third-order valence-corrected chi connectivity index (χ3v) is 5.43. The first-order valence-corrected chi connectivity index (χ1v) is 11.1. The van der Waals surface area contributed by atoms with Crippen LogP contribution in [0.1, 0.15) is 18.1 Å². The minimum absolute atomic E-state index is 0. The lowest BCUT2D eigenvalue weighted by Gasteiger charge is -2.27. The van der Waals surface area contributed by atoms with Gasteiger partial charge in [-0.1, -0.05) is 36.4 Å². The lowest BCUT2D eigenvalue weighted by molar-refractivity contribution is 0.0341. The molecule has 1 unspecified atom stereocenters. The number of halogens is 1. The summed E-state index contributed by atoms with van der Waals surface area (Å²) in [5.74, 6) is 2.38. The standard InChI is InChI=1S/C24H32N4O3.HI/c1-2-25-24(27-16-21-18-30-22-9-5-6-10-23(22)31-21)26-15-19-7-3-4-8-20(19)17-28-11-13-29-14-12-28;/h3-10,21H,2,11-18H2,1H3,(H2,25,26,27);1H. The first-order chi connectivity index (χ1) is 15.3. The molecule has 2 aromatic rings. The van der Waals surface area contributed by atoms with Crippen LogP contribution in [0.3, 0.4) is 0 Å². The zero-order valence-corrected chi connectivity index (χ0v) is 20.9. The summed E-state index contributed by atoms with van der Waals surface area (Å²) in [4.78, 5) is 7.26. The van der Waals surface area contributed by atoms with Gasteiger partial charge in [0.05, 0.1) is 26.3 Å². The van der Waals surface area contributed by atoms with Crippen molar-refractivity contribution in [3.63, 3.8) is 0 Å². The Bertz CT molecular complexity index is 874. The largest absolute Gasteiger partial charge is 0.486 e. The monoisotopic (exact) mass is 552 g/mol. The second kappa shape index (κ2) is 12.9. The number of ether oxygens (including phenoxy) is 3. The van der Waals surface area contributed by atoms with E-state index in [1.807, 2.05) is 24.3 Å². The van der Waals surface area contributed by atoms with Crippen LogP contribution in [0.2, 0.25) is 0 Å². The molecular weight excluding hydrogens is 519 g/mol. The smallest absolute Gasteiger partial charge is 0.191 e. The molecule has 0 radical (unpaired) electrons. The van der Waals surface area contributed by atoms with Gasteiger partial charge in [0.2, 0.25) is 0 Å². The lowest BCUT2D eigenvalue weighted by Crippen LogP contribution is -2.45. The van der Waals surface area contributed by atoms with E-state index in [0.29, 0.717) is 19.7 Å². The van der Waals surface area contributed by atoms with Gasteiger partial charge in [-0.15, -0.1) is 24.0 Å². The number of para-hydroxylation sites is 2. The molecule has 2 aliphatic heterocycles. The molecule has 2 aliphatic rings. The Labute approximate surface area is 207 Å². The van der Waals surface area contributed by atoms with Gasteiger partial charge in [-0.3, -0.25) is 4.90 Å². The van der Waals surface area contributed by atoms with E-state index in [-0.39, 0.29) is 30.1 Å². The van der Waals surface area contributed by atoms with Crippen LogP contribution in [-0.2, 0) is 17.8 Å². The van der Waals surface area contributed by atoms with Gasteiger partial charge in [0, 0.05) is 26.2 Å². The van der Waals surface area contributed by atoms with Crippen LogP contribution in [0.25, 0.3) is 0 Å². The summed E-state index contributed by atoms with van der Waals surface area (Å²) < 4.78 is 17.3. The van der Waals surface area contributed by atoms with E-state index in [1.54, 1.807) is 0 Å². The molecule has 1 fully saturated rings. The molecule has 1 saturated heterocycles. The summed E-state index contributed by atoms with van der Waals surface area (Å²) in [6.45, 7) is 9.15. The van der Waals surface area contributed by atoms with Gasteiger partial charge in [-0.25, -0.2) is 4.99 Å². The van der Waals surface area contributed by atoms with Gasteiger partial charge in [0.25, 0.3) is 0 Å². The van der Waals surface area contributed by atoms with Gasteiger partial charge in [0.1, 0.15) is 12.7 Å². The van der Waals surface area contributed by atoms with Crippen LogP contribution >= 0.6 is 24.0 Å². The van der Waals surface area contributed by atoms with E-state index in [9.17, 15) is 0 Å². The van der Waals surface area contributed by atoms with Crippen molar-refractivity contribution in [2.75, 3.05) is 46.0 Å². The number of nitrogens with one attached hydrogen (secondary N) is 2. The maximum atomic E-state index is 6.04. The Hall–Kier alpha value is -2.04. The molecule has 0 saturated carbocycles. The molecule has 174 valence electrons. The average Bonchev–Trinajstić information content (AvgIpc) is 2.82. The Balaban J connectivity index is 0.00000289.